The van der Waals surface area contributed by atoms with Crippen LogP contribution in [0.1, 0.15) is 62.5 Å². The van der Waals surface area contributed by atoms with Crippen molar-refractivity contribution in [2.75, 3.05) is 13.2 Å². The highest BCUT2D eigenvalue weighted by Gasteiger charge is 2.03. The zero-order chi connectivity index (χ0) is 22.7. The fraction of sp³-hybridized carbons (Fsp3) is 0.357. The summed E-state index contributed by atoms with van der Waals surface area (Å²) in [6.45, 7) is 0.623. The van der Waals surface area contributed by atoms with E-state index in [4.69, 9.17) is 9.47 Å². The summed E-state index contributed by atoms with van der Waals surface area (Å²) in [5.41, 5.74) is 2.19. The number of hydrogen-bond acceptors (Lipinski definition) is 4. The monoisotopic (exact) mass is 434 g/mol. The zero-order valence-electron chi connectivity index (χ0n) is 18.8. The van der Waals surface area contributed by atoms with E-state index in [0.717, 1.165) is 49.7 Å². The van der Waals surface area contributed by atoms with Gasteiger partial charge in [-0.25, -0.2) is 0 Å². The molecule has 0 heterocycles. The summed E-state index contributed by atoms with van der Waals surface area (Å²) in [5, 5.41) is 0. The lowest BCUT2D eigenvalue weighted by atomic mass is 10.1. The van der Waals surface area contributed by atoms with Crippen LogP contribution in [0.4, 0.5) is 0 Å². The predicted molar refractivity (Wildman–Crippen MR) is 130 cm³/mol. The molecule has 2 rings (SSSR count). The van der Waals surface area contributed by atoms with Crippen molar-refractivity contribution in [2.24, 2.45) is 0 Å². The molecule has 0 aliphatic carbocycles. The van der Waals surface area contributed by atoms with Crippen molar-refractivity contribution in [1.82, 2.24) is 0 Å². The highest BCUT2D eigenvalue weighted by molar-refractivity contribution is 5.69. The Morgan fingerprint density at radius 3 is 1.34 bits per heavy atom. The largest absolute Gasteiger partial charge is 0.461 e. The van der Waals surface area contributed by atoms with Crippen LogP contribution in [-0.4, -0.2) is 25.2 Å². The van der Waals surface area contributed by atoms with Gasteiger partial charge in [0.1, 0.15) is 13.2 Å². The molecule has 0 saturated heterocycles. The van der Waals surface area contributed by atoms with Crippen molar-refractivity contribution < 1.29 is 19.1 Å². The average Bonchev–Trinajstić information content (AvgIpc) is 2.82. The molecule has 4 nitrogen and oxygen atoms in total. The van der Waals surface area contributed by atoms with Gasteiger partial charge < -0.3 is 9.47 Å². The first-order valence-electron chi connectivity index (χ1n) is 11.5. The Balaban J connectivity index is 1.37. The summed E-state index contributed by atoms with van der Waals surface area (Å²) >= 11 is 0. The highest BCUT2D eigenvalue weighted by Crippen LogP contribution is 2.10. The Bertz CT molecular complexity index is 754. The van der Waals surface area contributed by atoms with Crippen LogP contribution in [0.5, 0.6) is 0 Å². The Hall–Kier alpha value is -3.14. The summed E-state index contributed by atoms with van der Waals surface area (Å²) in [6.07, 6.45) is 14.4. The predicted octanol–water partition coefficient (Wildman–Crippen LogP) is 6.62. The summed E-state index contributed by atoms with van der Waals surface area (Å²) in [6, 6.07) is 19.9. The van der Waals surface area contributed by atoms with Crippen LogP contribution in [0.25, 0.3) is 12.2 Å². The number of unbranched alkanes of at least 4 members (excludes halogenated alkanes) is 5. The molecular weight excluding hydrogens is 400 g/mol. The lowest BCUT2D eigenvalue weighted by Crippen LogP contribution is -2.04. The van der Waals surface area contributed by atoms with E-state index in [0.29, 0.717) is 26.1 Å². The number of esters is 2. The number of rotatable bonds is 15. The van der Waals surface area contributed by atoms with E-state index in [1.54, 1.807) is 0 Å². The van der Waals surface area contributed by atoms with Gasteiger partial charge in [0, 0.05) is 12.8 Å². The maximum absolute atomic E-state index is 11.7. The summed E-state index contributed by atoms with van der Waals surface area (Å²) < 4.78 is 10.4. The van der Waals surface area contributed by atoms with Crippen molar-refractivity contribution in [3.05, 3.63) is 83.9 Å². The molecule has 0 unspecified atom stereocenters. The lowest BCUT2D eigenvalue weighted by Gasteiger charge is -2.04. The van der Waals surface area contributed by atoms with Gasteiger partial charge in [0.15, 0.2) is 0 Å². The second-order valence-electron chi connectivity index (χ2n) is 7.61. The van der Waals surface area contributed by atoms with E-state index in [1.165, 1.54) is 0 Å². The molecule has 0 aromatic heterocycles. The molecule has 0 atom stereocenters. The van der Waals surface area contributed by atoms with Gasteiger partial charge in [-0.3, -0.25) is 9.59 Å². The van der Waals surface area contributed by atoms with Gasteiger partial charge in [0.05, 0.1) is 0 Å². The molecule has 0 bridgehead atoms. The number of carbonyl (C=O) groups excluding carboxylic acids is 2. The first kappa shape index (κ1) is 25.1. The topological polar surface area (TPSA) is 52.6 Å². The number of carbonyl (C=O) groups is 2. The standard InChI is InChI=1S/C28H34O4/c29-27(31-23-13-19-25-15-7-5-8-16-25)21-11-3-1-2-4-12-22-28(30)32-24-14-20-26-17-9-6-10-18-26/h5-10,13-20H,1-4,11-12,21-24H2/b19-13+,20-14+. The Kier molecular flexibility index (Phi) is 13.0. The Labute approximate surface area is 191 Å². The van der Waals surface area contributed by atoms with Crippen molar-refractivity contribution >= 4 is 24.1 Å². The van der Waals surface area contributed by atoms with Crippen LogP contribution in [0.3, 0.4) is 0 Å². The van der Waals surface area contributed by atoms with Gasteiger partial charge in [0.2, 0.25) is 0 Å². The SMILES string of the molecule is O=C(CCCCCCCCC(=O)OC/C=C/c1ccccc1)OC/C=C/c1ccccc1. The smallest absolute Gasteiger partial charge is 0.306 e. The molecule has 4 heteroatoms. The van der Waals surface area contributed by atoms with E-state index in [-0.39, 0.29) is 11.9 Å². The second-order valence-corrected chi connectivity index (χ2v) is 7.61. The molecule has 2 aromatic rings. The lowest BCUT2D eigenvalue weighted by molar-refractivity contribution is -0.143. The highest BCUT2D eigenvalue weighted by atomic mass is 16.5. The fourth-order valence-electron chi connectivity index (χ4n) is 3.17. The third-order valence-electron chi connectivity index (χ3n) is 4.91. The van der Waals surface area contributed by atoms with Gasteiger partial charge in [-0.1, -0.05) is 98.5 Å². The minimum atomic E-state index is -0.147. The summed E-state index contributed by atoms with van der Waals surface area (Å²) in [7, 11) is 0. The number of hydrogen-bond donors (Lipinski definition) is 0. The van der Waals surface area contributed by atoms with E-state index in [1.807, 2.05) is 85.0 Å². The minimum absolute atomic E-state index is 0.147. The molecular formula is C28H34O4. The van der Waals surface area contributed by atoms with Crippen LogP contribution >= 0.6 is 0 Å². The quantitative estimate of drug-likeness (QED) is 0.233. The van der Waals surface area contributed by atoms with Crippen LogP contribution in [-0.2, 0) is 19.1 Å². The van der Waals surface area contributed by atoms with Gasteiger partial charge in [-0.2, -0.15) is 0 Å². The third-order valence-corrected chi connectivity index (χ3v) is 4.91. The van der Waals surface area contributed by atoms with Crippen LogP contribution < -0.4 is 0 Å². The number of benzene rings is 2. The Morgan fingerprint density at radius 2 is 0.938 bits per heavy atom. The molecule has 0 spiro atoms. The maximum Gasteiger partial charge on any atom is 0.306 e. The van der Waals surface area contributed by atoms with Crippen LogP contribution in [0.2, 0.25) is 0 Å². The molecule has 2 aromatic carbocycles. The molecule has 0 saturated carbocycles. The molecule has 0 amide bonds. The Morgan fingerprint density at radius 1 is 0.562 bits per heavy atom. The molecule has 32 heavy (non-hydrogen) atoms. The molecule has 0 aliphatic heterocycles. The van der Waals surface area contributed by atoms with E-state index in [9.17, 15) is 9.59 Å². The normalized spacial score (nSPS) is 11.1. The fourth-order valence-corrected chi connectivity index (χ4v) is 3.17. The van der Waals surface area contributed by atoms with Crippen molar-refractivity contribution in [1.29, 1.82) is 0 Å². The van der Waals surface area contributed by atoms with Gasteiger partial charge >= 0.3 is 11.9 Å². The van der Waals surface area contributed by atoms with Crippen molar-refractivity contribution in [2.45, 2.75) is 51.4 Å². The second kappa shape index (κ2) is 16.5. The minimum Gasteiger partial charge on any atom is -0.461 e. The van der Waals surface area contributed by atoms with Gasteiger partial charge in [-0.15, -0.1) is 0 Å². The first-order valence-corrected chi connectivity index (χ1v) is 11.5. The molecule has 0 aliphatic rings. The van der Waals surface area contributed by atoms with E-state index in [2.05, 4.69) is 0 Å². The van der Waals surface area contributed by atoms with E-state index < -0.39 is 0 Å². The summed E-state index contributed by atoms with van der Waals surface area (Å²) in [5.74, 6) is -0.293. The van der Waals surface area contributed by atoms with Crippen LogP contribution in [0, 0.1) is 0 Å². The average molecular weight is 435 g/mol. The molecule has 0 N–H and O–H groups in total. The molecule has 0 radical (unpaired) electrons. The van der Waals surface area contributed by atoms with E-state index >= 15 is 0 Å². The van der Waals surface area contributed by atoms with Crippen LogP contribution in [0.15, 0.2) is 72.8 Å². The first-order chi connectivity index (χ1) is 15.7. The van der Waals surface area contributed by atoms with Gasteiger partial charge in [0.25, 0.3) is 0 Å². The maximum atomic E-state index is 11.7. The number of ether oxygens (including phenoxy) is 2. The summed E-state index contributed by atoms with van der Waals surface area (Å²) in [4.78, 5) is 23.5. The molecule has 0 fully saturated rings. The zero-order valence-corrected chi connectivity index (χ0v) is 18.8. The van der Waals surface area contributed by atoms with Crippen molar-refractivity contribution in [3.63, 3.8) is 0 Å². The van der Waals surface area contributed by atoms with Gasteiger partial charge in [-0.05, 0) is 36.1 Å². The molecule has 170 valence electrons. The third kappa shape index (κ3) is 12.5. The van der Waals surface area contributed by atoms with Crippen molar-refractivity contribution in [3.8, 4) is 0 Å².